The van der Waals surface area contributed by atoms with Crippen LogP contribution in [0.3, 0.4) is 0 Å². The number of hydrogen-bond acceptors (Lipinski definition) is 4. The largest absolute Gasteiger partial charge is 0.481 e. The van der Waals surface area contributed by atoms with Crippen LogP contribution < -0.4 is 11.1 Å². The van der Waals surface area contributed by atoms with Gasteiger partial charge in [-0.25, -0.2) is 0 Å². The van der Waals surface area contributed by atoms with E-state index in [0.29, 0.717) is 12.8 Å². The Morgan fingerprint density at radius 3 is 2.72 bits per heavy atom. The van der Waals surface area contributed by atoms with Crippen LogP contribution >= 0.6 is 11.3 Å². The molecule has 1 atom stereocenters. The molecule has 0 saturated heterocycles. The first-order valence-corrected chi connectivity index (χ1v) is 6.73. The number of carbonyl (C=O) groups is 2. The summed E-state index contributed by atoms with van der Waals surface area (Å²) in [6, 6.07) is 2.93. The highest BCUT2D eigenvalue weighted by atomic mass is 32.1. The summed E-state index contributed by atoms with van der Waals surface area (Å²) in [5.74, 6) is -1.18. The fourth-order valence-electron chi connectivity index (χ4n) is 2.18. The normalized spacial score (nSPS) is 18.7. The van der Waals surface area contributed by atoms with E-state index >= 15 is 0 Å². The maximum absolute atomic E-state index is 12.0. The van der Waals surface area contributed by atoms with Gasteiger partial charge in [0.25, 0.3) is 0 Å². The molecule has 18 heavy (non-hydrogen) atoms. The van der Waals surface area contributed by atoms with Crippen LogP contribution in [0.15, 0.2) is 17.5 Å². The molecule has 1 amide bonds. The highest BCUT2D eigenvalue weighted by molar-refractivity contribution is 7.10. The standard InChI is InChI=1S/C12H16N2O3S/c13-10(8-3-1-6-18-8)11(17)14-12(4-2-5-12)7-9(15)16/h1,3,6,10H,2,4-5,7,13H2,(H,14,17)(H,15,16). The van der Waals surface area contributed by atoms with Crippen LogP contribution in [0, 0.1) is 0 Å². The van der Waals surface area contributed by atoms with Gasteiger partial charge in [0.15, 0.2) is 0 Å². The minimum absolute atomic E-state index is 0.0318. The van der Waals surface area contributed by atoms with E-state index in [1.807, 2.05) is 11.4 Å². The summed E-state index contributed by atoms with van der Waals surface area (Å²) in [7, 11) is 0. The van der Waals surface area contributed by atoms with Crippen molar-refractivity contribution in [2.45, 2.75) is 37.3 Å². The van der Waals surface area contributed by atoms with Crippen molar-refractivity contribution in [1.29, 1.82) is 0 Å². The van der Waals surface area contributed by atoms with Gasteiger partial charge in [-0.05, 0) is 30.7 Å². The third-order valence-corrected chi connectivity index (χ3v) is 4.28. The number of nitrogens with one attached hydrogen (secondary N) is 1. The number of aliphatic carboxylic acids is 1. The van der Waals surface area contributed by atoms with Crippen molar-refractivity contribution in [2.75, 3.05) is 0 Å². The zero-order valence-electron chi connectivity index (χ0n) is 9.89. The lowest BCUT2D eigenvalue weighted by Crippen LogP contribution is -2.56. The molecule has 0 radical (unpaired) electrons. The van der Waals surface area contributed by atoms with E-state index in [9.17, 15) is 9.59 Å². The van der Waals surface area contributed by atoms with Crippen LogP contribution in [0.5, 0.6) is 0 Å². The first kappa shape index (κ1) is 13.0. The summed E-state index contributed by atoms with van der Waals surface area (Å²) in [6.07, 6.45) is 2.34. The molecule has 98 valence electrons. The smallest absolute Gasteiger partial charge is 0.305 e. The van der Waals surface area contributed by atoms with Gasteiger partial charge in [-0.15, -0.1) is 11.3 Å². The third-order valence-electron chi connectivity index (χ3n) is 3.32. The number of rotatable bonds is 5. The zero-order chi connectivity index (χ0) is 13.2. The number of carbonyl (C=O) groups excluding carboxylic acids is 1. The van der Waals surface area contributed by atoms with E-state index in [2.05, 4.69) is 5.32 Å². The van der Waals surface area contributed by atoms with Crippen molar-refractivity contribution in [1.82, 2.24) is 5.32 Å². The molecule has 0 bridgehead atoms. The van der Waals surface area contributed by atoms with Gasteiger partial charge < -0.3 is 16.2 Å². The molecule has 1 unspecified atom stereocenters. The van der Waals surface area contributed by atoms with Gasteiger partial charge in [0.1, 0.15) is 6.04 Å². The lowest BCUT2D eigenvalue weighted by atomic mass is 9.74. The Morgan fingerprint density at radius 1 is 1.56 bits per heavy atom. The lowest BCUT2D eigenvalue weighted by Gasteiger charge is -2.42. The molecule has 0 aromatic carbocycles. The minimum atomic E-state index is -0.889. The average Bonchev–Trinajstić information content (AvgIpc) is 2.77. The van der Waals surface area contributed by atoms with Crippen LogP contribution in [0.2, 0.25) is 0 Å². The molecule has 1 aromatic rings. The summed E-state index contributed by atoms with van der Waals surface area (Å²) >= 11 is 1.42. The molecule has 1 saturated carbocycles. The van der Waals surface area contributed by atoms with Gasteiger partial charge in [-0.2, -0.15) is 0 Å². The van der Waals surface area contributed by atoms with Crippen molar-refractivity contribution < 1.29 is 14.7 Å². The first-order chi connectivity index (χ1) is 8.52. The molecular formula is C12H16N2O3S. The number of carboxylic acid groups (broad SMARTS) is 1. The topological polar surface area (TPSA) is 92.4 Å². The SMILES string of the molecule is NC(C(=O)NC1(CC(=O)O)CCC1)c1cccs1. The molecular weight excluding hydrogens is 252 g/mol. The molecule has 4 N–H and O–H groups in total. The summed E-state index contributed by atoms with van der Waals surface area (Å²) < 4.78 is 0. The zero-order valence-corrected chi connectivity index (χ0v) is 10.7. The second-order valence-electron chi connectivity index (χ2n) is 4.69. The second-order valence-corrected chi connectivity index (χ2v) is 5.67. The first-order valence-electron chi connectivity index (χ1n) is 5.85. The molecule has 0 aliphatic heterocycles. The Hall–Kier alpha value is -1.40. The lowest BCUT2D eigenvalue weighted by molar-refractivity contribution is -0.140. The van der Waals surface area contributed by atoms with E-state index < -0.39 is 17.6 Å². The molecule has 1 aliphatic carbocycles. The number of thiophene rings is 1. The Balaban J connectivity index is 1.99. The summed E-state index contributed by atoms with van der Waals surface area (Å²) in [5.41, 5.74) is 5.27. The number of nitrogens with two attached hydrogens (primary N) is 1. The van der Waals surface area contributed by atoms with Crippen molar-refractivity contribution in [3.05, 3.63) is 22.4 Å². The van der Waals surface area contributed by atoms with Crippen molar-refractivity contribution in [3.63, 3.8) is 0 Å². The van der Waals surface area contributed by atoms with Gasteiger partial charge in [-0.3, -0.25) is 9.59 Å². The molecule has 0 spiro atoms. The van der Waals surface area contributed by atoms with Crippen LogP contribution in [0.1, 0.15) is 36.6 Å². The predicted octanol–water partition coefficient (Wildman–Crippen LogP) is 1.26. The van der Waals surface area contributed by atoms with E-state index in [0.717, 1.165) is 11.3 Å². The number of carboxylic acids is 1. The van der Waals surface area contributed by atoms with Gasteiger partial charge >= 0.3 is 5.97 Å². The summed E-state index contributed by atoms with van der Waals surface area (Å²) in [6.45, 7) is 0. The van der Waals surface area contributed by atoms with E-state index in [-0.39, 0.29) is 12.3 Å². The molecule has 6 heteroatoms. The van der Waals surface area contributed by atoms with Gasteiger partial charge in [0.2, 0.25) is 5.91 Å². The van der Waals surface area contributed by atoms with E-state index in [4.69, 9.17) is 10.8 Å². The molecule has 2 rings (SSSR count). The van der Waals surface area contributed by atoms with Crippen LogP contribution in [0.4, 0.5) is 0 Å². The molecule has 1 fully saturated rings. The van der Waals surface area contributed by atoms with Crippen molar-refractivity contribution in [3.8, 4) is 0 Å². The number of amides is 1. The van der Waals surface area contributed by atoms with Gasteiger partial charge in [0.05, 0.1) is 12.0 Å². The summed E-state index contributed by atoms with van der Waals surface area (Å²) in [5, 5.41) is 13.5. The van der Waals surface area contributed by atoms with Crippen LogP contribution in [0.25, 0.3) is 0 Å². The highest BCUT2D eigenvalue weighted by Gasteiger charge is 2.41. The average molecular weight is 268 g/mol. The highest BCUT2D eigenvalue weighted by Crippen LogP contribution is 2.35. The maximum Gasteiger partial charge on any atom is 0.305 e. The quantitative estimate of drug-likeness (QED) is 0.749. The predicted molar refractivity (Wildman–Crippen MR) is 68.2 cm³/mol. The van der Waals surface area contributed by atoms with Crippen LogP contribution in [-0.2, 0) is 9.59 Å². The maximum atomic E-state index is 12.0. The Kier molecular flexibility index (Phi) is 3.68. The Labute approximate surface area is 109 Å². The van der Waals surface area contributed by atoms with Gasteiger partial charge in [-0.1, -0.05) is 6.07 Å². The second kappa shape index (κ2) is 5.07. The fraction of sp³-hybridized carbons (Fsp3) is 0.500. The molecule has 1 aliphatic rings. The molecule has 1 aromatic heterocycles. The molecule has 1 heterocycles. The van der Waals surface area contributed by atoms with E-state index in [1.54, 1.807) is 6.07 Å². The molecule has 5 nitrogen and oxygen atoms in total. The summed E-state index contributed by atoms with van der Waals surface area (Å²) in [4.78, 5) is 23.6. The monoisotopic (exact) mass is 268 g/mol. The Bertz CT molecular complexity index is 440. The van der Waals surface area contributed by atoms with Crippen molar-refractivity contribution >= 4 is 23.2 Å². The van der Waals surface area contributed by atoms with Gasteiger partial charge in [0, 0.05) is 4.88 Å². The Morgan fingerprint density at radius 2 is 2.28 bits per heavy atom. The third kappa shape index (κ3) is 2.70. The number of hydrogen-bond donors (Lipinski definition) is 3. The van der Waals surface area contributed by atoms with Crippen LogP contribution in [-0.4, -0.2) is 22.5 Å². The van der Waals surface area contributed by atoms with E-state index in [1.165, 1.54) is 11.3 Å². The fourth-order valence-corrected chi connectivity index (χ4v) is 2.90. The van der Waals surface area contributed by atoms with Crippen molar-refractivity contribution in [2.24, 2.45) is 5.73 Å². The minimum Gasteiger partial charge on any atom is -0.481 e.